The number of piperidine rings is 1. The van der Waals surface area contributed by atoms with Crippen molar-refractivity contribution in [2.24, 2.45) is 0 Å². The van der Waals surface area contributed by atoms with Crippen molar-refractivity contribution in [3.63, 3.8) is 0 Å². The minimum absolute atomic E-state index is 0.00193. The third kappa shape index (κ3) is 5.19. The molecule has 138 valence electrons. The number of carbonyl (C=O) groups is 2. The van der Waals surface area contributed by atoms with Crippen LogP contribution in [0.3, 0.4) is 0 Å². The van der Waals surface area contributed by atoms with Crippen LogP contribution >= 0.6 is 0 Å². The van der Waals surface area contributed by atoms with Crippen LogP contribution < -0.4 is 10.1 Å². The van der Waals surface area contributed by atoms with E-state index in [-0.39, 0.29) is 24.7 Å². The van der Waals surface area contributed by atoms with Gasteiger partial charge in [0.2, 0.25) is 0 Å². The Bertz CT molecular complexity index is 602. The van der Waals surface area contributed by atoms with E-state index in [0.717, 1.165) is 11.3 Å². The summed E-state index contributed by atoms with van der Waals surface area (Å²) in [6, 6.07) is 8.05. The van der Waals surface area contributed by atoms with Gasteiger partial charge in [0.15, 0.2) is 0 Å². The third-order valence-corrected chi connectivity index (χ3v) is 4.31. The van der Waals surface area contributed by atoms with E-state index in [0.29, 0.717) is 25.9 Å². The summed E-state index contributed by atoms with van der Waals surface area (Å²) in [6.07, 6.45) is 1.42. The van der Waals surface area contributed by atoms with Crippen molar-refractivity contribution >= 4 is 11.8 Å². The van der Waals surface area contributed by atoms with Gasteiger partial charge in [-0.05, 0) is 17.0 Å². The number of para-hydroxylation sites is 1. The van der Waals surface area contributed by atoms with Crippen LogP contribution in [0, 0.1) is 0 Å². The number of ether oxygens (including phenoxy) is 1. The maximum atomic E-state index is 12.0. The molecule has 0 unspecified atom stereocenters. The first kappa shape index (κ1) is 19.2. The van der Waals surface area contributed by atoms with Crippen LogP contribution in [0.2, 0.25) is 0 Å². The average Bonchev–Trinajstić information content (AvgIpc) is 2.59. The number of nitrogens with zero attached hydrogens (tertiary/aromatic N) is 1. The second kappa shape index (κ2) is 8.34. The Kier molecular flexibility index (Phi) is 6.42. The van der Waals surface area contributed by atoms with E-state index in [4.69, 9.17) is 9.84 Å². The van der Waals surface area contributed by atoms with Gasteiger partial charge in [-0.15, -0.1) is 0 Å². The zero-order valence-electron chi connectivity index (χ0n) is 15.2. The highest BCUT2D eigenvalue weighted by Gasteiger charge is 2.28. The van der Waals surface area contributed by atoms with Gasteiger partial charge < -0.3 is 20.1 Å². The fraction of sp³-hybridized carbons (Fsp3) is 0.579. The number of amides is 2. The van der Waals surface area contributed by atoms with Gasteiger partial charge in [0.1, 0.15) is 11.9 Å². The Morgan fingerprint density at radius 2 is 1.88 bits per heavy atom. The van der Waals surface area contributed by atoms with E-state index in [1.165, 1.54) is 0 Å². The zero-order chi connectivity index (χ0) is 18.4. The Morgan fingerprint density at radius 1 is 1.24 bits per heavy atom. The largest absolute Gasteiger partial charge is 0.490 e. The highest BCUT2D eigenvalue weighted by Crippen LogP contribution is 2.32. The van der Waals surface area contributed by atoms with Gasteiger partial charge in [0.05, 0.1) is 6.61 Å². The summed E-state index contributed by atoms with van der Waals surface area (Å²) >= 11 is 0. The standard InChI is InChI=1S/C19H28N2O4/c1-19(2,3)15-6-4-5-7-16(15)25-14-8-11-21(12-9-14)18(24)17(23)20-10-13-22/h4-7,14,22H,8-13H2,1-3H3,(H,20,23). The van der Waals surface area contributed by atoms with Crippen molar-refractivity contribution in [2.75, 3.05) is 26.2 Å². The lowest BCUT2D eigenvalue weighted by molar-refractivity contribution is -0.147. The van der Waals surface area contributed by atoms with Gasteiger partial charge >= 0.3 is 11.8 Å². The van der Waals surface area contributed by atoms with E-state index >= 15 is 0 Å². The number of likely N-dealkylation sites (tertiary alicyclic amines) is 1. The smallest absolute Gasteiger partial charge is 0.311 e. The van der Waals surface area contributed by atoms with E-state index in [2.05, 4.69) is 32.2 Å². The number of aliphatic hydroxyl groups excluding tert-OH is 1. The third-order valence-electron chi connectivity index (χ3n) is 4.31. The van der Waals surface area contributed by atoms with Crippen molar-refractivity contribution < 1.29 is 19.4 Å². The summed E-state index contributed by atoms with van der Waals surface area (Å²) in [5, 5.41) is 11.1. The number of nitrogens with one attached hydrogen (secondary N) is 1. The second-order valence-electron chi connectivity index (χ2n) is 7.34. The van der Waals surface area contributed by atoms with Crippen LogP contribution in [0.4, 0.5) is 0 Å². The Labute approximate surface area is 149 Å². The monoisotopic (exact) mass is 348 g/mol. The molecule has 0 aromatic heterocycles. The number of hydrogen-bond acceptors (Lipinski definition) is 4. The number of carbonyl (C=O) groups excluding carboxylic acids is 2. The topological polar surface area (TPSA) is 78.9 Å². The molecule has 0 spiro atoms. The van der Waals surface area contributed by atoms with Gasteiger partial charge in [0.25, 0.3) is 0 Å². The second-order valence-corrected chi connectivity index (χ2v) is 7.34. The van der Waals surface area contributed by atoms with E-state index in [1.807, 2.05) is 18.2 Å². The van der Waals surface area contributed by atoms with Crippen molar-refractivity contribution in [3.05, 3.63) is 29.8 Å². The molecule has 1 saturated heterocycles. The Balaban J connectivity index is 1.91. The maximum absolute atomic E-state index is 12.0. The van der Waals surface area contributed by atoms with Crippen LogP contribution in [0.15, 0.2) is 24.3 Å². The zero-order valence-corrected chi connectivity index (χ0v) is 15.2. The van der Waals surface area contributed by atoms with Gasteiger partial charge in [0, 0.05) is 32.5 Å². The van der Waals surface area contributed by atoms with E-state index in [9.17, 15) is 9.59 Å². The van der Waals surface area contributed by atoms with Crippen molar-refractivity contribution in [3.8, 4) is 5.75 Å². The molecule has 1 aliphatic heterocycles. The van der Waals surface area contributed by atoms with Crippen molar-refractivity contribution in [1.29, 1.82) is 0 Å². The van der Waals surface area contributed by atoms with Gasteiger partial charge in [-0.1, -0.05) is 39.0 Å². The molecule has 0 atom stereocenters. The van der Waals surface area contributed by atoms with Crippen LogP contribution in [-0.4, -0.2) is 54.2 Å². The summed E-state index contributed by atoms with van der Waals surface area (Å²) in [5.74, 6) is -0.311. The molecule has 25 heavy (non-hydrogen) atoms. The summed E-state index contributed by atoms with van der Waals surface area (Å²) < 4.78 is 6.19. The van der Waals surface area contributed by atoms with E-state index < -0.39 is 11.8 Å². The Hall–Kier alpha value is -2.08. The molecule has 0 radical (unpaired) electrons. The molecule has 0 saturated carbocycles. The van der Waals surface area contributed by atoms with Crippen LogP contribution in [0.5, 0.6) is 5.75 Å². The molecular formula is C19H28N2O4. The molecule has 1 aliphatic rings. The summed E-state index contributed by atoms with van der Waals surface area (Å²) in [7, 11) is 0. The fourth-order valence-corrected chi connectivity index (χ4v) is 2.93. The van der Waals surface area contributed by atoms with Gasteiger partial charge in [-0.2, -0.15) is 0 Å². The fourth-order valence-electron chi connectivity index (χ4n) is 2.93. The Morgan fingerprint density at radius 3 is 2.48 bits per heavy atom. The molecule has 6 heteroatoms. The quantitative estimate of drug-likeness (QED) is 0.808. The average molecular weight is 348 g/mol. The first-order chi connectivity index (χ1) is 11.8. The van der Waals surface area contributed by atoms with Crippen LogP contribution in [0.25, 0.3) is 0 Å². The highest BCUT2D eigenvalue weighted by atomic mass is 16.5. The molecule has 0 bridgehead atoms. The predicted molar refractivity (Wildman–Crippen MR) is 95.5 cm³/mol. The summed E-state index contributed by atoms with van der Waals surface area (Å²) in [5.41, 5.74) is 1.16. The first-order valence-electron chi connectivity index (χ1n) is 8.77. The normalized spacial score (nSPS) is 15.8. The molecule has 2 amide bonds. The van der Waals surface area contributed by atoms with Gasteiger partial charge in [-0.25, -0.2) is 0 Å². The predicted octanol–water partition coefficient (Wildman–Crippen LogP) is 1.46. The minimum Gasteiger partial charge on any atom is -0.490 e. The van der Waals surface area contributed by atoms with Crippen LogP contribution in [0.1, 0.15) is 39.2 Å². The highest BCUT2D eigenvalue weighted by molar-refractivity contribution is 6.35. The van der Waals surface area contributed by atoms with Gasteiger partial charge in [-0.3, -0.25) is 9.59 Å². The number of hydrogen-bond donors (Lipinski definition) is 2. The molecule has 0 aliphatic carbocycles. The minimum atomic E-state index is -0.661. The summed E-state index contributed by atoms with van der Waals surface area (Å²) in [4.78, 5) is 25.3. The summed E-state index contributed by atoms with van der Waals surface area (Å²) in [6.45, 7) is 7.36. The SMILES string of the molecule is CC(C)(C)c1ccccc1OC1CCN(C(=O)C(=O)NCCO)CC1. The molecule has 1 heterocycles. The molecule has 1 fully saturated rings. The maximum Gasteiger partial charge on any atom is 0.311 e. The number of aliphatic hydroxyl groups is 1. The lowest BCUT2D eigenvalue weighted by Gasteiger charge is -2.33. The first-order valence-corrected chi connectivity index (χ1v) is 8.77. The molecule has 1 aromatic rings. The number of benzene rings is 1. The molecule has 1 aromatic carbocycles. The van der Waals surface area contributed by atoms with Crippen molar-refractivity contribution in [1.82, 2.24) is 10.2 Å². The lowest BCUT2D eigenvalue weighted by Crippen LogP contribution is -2.48. The molecule has 6 nitrogen and oxygen atoms in total. The molecular weight excluding hydrogens is 320 g/mol. The van der Waals surface area contributed by atoms with E-state index in [1.54, 1.807) is 4.90 Å². The van der Waals surface area contributed by atoms with Crippen molar-refractivity contribution in [2.45, 2.75) is 45.1 Å². The van der Waals surface area contributed by atoms with Crippen LogP contribution in [-0.2, 0) is 15.0 Å². The molecule has 2 rings (SSSR count). The molecule has 2 N–H and O–H groups in total. The lowest BCUT2D eigenvalue weighted by atomic mass is 9.86. The number of rotatable bonds is 4.